The fourth-order valence-electron chi connectivity index (χ4n) is 0.562. The highest BCUT2D eigenvalue weighted by atomic mass is 28.4. The van der Waals surface area contributed by atoms with Crippen LogP contribution in [0.15, 0.2) is 0 Å². The van der Waals surface area contributed by atoms with Crippen LogP contribution in [0.2, 0.25) is 13.1 Å². The summed E-state index contributed by atoms with van der Waals surface area (Å²) in [6.07, 6.45) is 0.320. The molecule has 0 saturated heterocycles. The predicted octanol–water partition coefficient (Wildman–Crippen LogP) is 1.28. The maximum absolute atomic E-state index is 12.9. The largest absolute Gasteiger partial charge is 0.380 e. The first-order valence-corrected chi connectivity index (χ1v) is 6.92. The second-order valence-electron chi connectivity index (χ2n) is 3.57. The normalized spacial score (nSPS) is 12.5. The van der Waals surface area contributed by atoms with Gasteiger partial charge in [-0.25, -0.2) is 0 Å². The van der Waals surface area contributed by atoms with Gasteiger partial charge in [-0.2, -0.15) is 0 Å². The number of nitrogens with zero attached hydrogens (tertiary/aromatic N) is 1. The monoisotopic (exact) mass is 179 g/mol. The van der Waals surface area contributed by atoms with Crippen LogP contribution >= 0.6 is 0 Å². The number of likely N-dealkylation sites (N-methyl/N-ethyl adjacent to an activating group) is 1. The molecule has 11 heavy (non-hydrogen) atoms. The maximum Gasteiger partial charge on any atom is 0.266 e. The van der Waals surface area contributed by atoms with Crippen LogP contribution in [0, 0.1) is 0 Å². The van der Waals surface area contributed by atoms with E-state index in [2.05, 4.69) is 0 Å². The second-order valence-corrected chi connectivity index (χ2v) is 7.30. The van der Waals surface area contributed by atoms with E-state index in [4.69, 9.17) is 4.74 Å². The molecule has 2 nitrogen and oxygen atoms in total. The van der Waals surface area contributed by atoms with Crippen LogP contribution in [0.5, 0.6) is 0 Å². The van der Waals surface area contributed by atoms with Crippen molar-refractivity contribution in [3.8, 4) is 0 Å². The van der Waals surface area contributed by atoms with Crippen LogP contribution in [0.25, 0.3) is 0 Å². The van der Waals surface area contributed by atoms with E-state index in [1.165, 1.54) is 0 Å². The van der Waals surface area contributed by atoms with Crippen molar-refractivity contribution in [2.75, 3.05) is 33.5 Å². The molecule has 0 aliphatic carbocycles. The van der Waals surface area contributed by atoms with E-state index in [1.54, 1.807) is 13.1 Å². The molecule has 4 heteroatoms. The molecule has 0 aliphatic rings. The standard InChI is InChI=1S/C7H18FNOSi/c1-9(2)5-6-10-7-11(3,4)8/h5-7H2,1-4H3. The van der Waals surface area contributed by atoms with Crippen molar-refractivity contribution < 1.29 is 8.84 Å². The van der Waals surface area contributed by atoms with E-state index >= 15 is 0 Å². The molecule has 0 rings (SSSR count). The molecular weight excluding hydrogens is 161 g/mol. The zero-order valence-electron chi connectivity index (χ0n) is 7.85. The highest BCUT2D eigenvalue weighted by molar-refractivity contribution is 6.70. The molecule has 0 bridgehead atoms. The SMILES string of the molecule is CN(C)CCOC[Si](C)(C)F. The minimum absolute atomic E-state index is 0.320. The summed E-state index contributed by atoms with van der Waals surface area (Å²) in [5.74, 6) is 0. The molecule has 0 aromatic carbocycles. The Kier molecular flexibility index (Phi) is 4.88. The zero-order chi connectivity index (χ0) is 8.91. The molecule has 0 aliphatic heterocycles. The van der Waals surface area contributed by atoms with Gasteiger partial charge in [0.25, 0.3) is 8.41 Å². The van der Waals surface area contributed by atoms with Crippen molar-refractivity contribution in [1.82, 2.24) is 4.90 Å². The smallest absolute Gasteiger partial charge is 0.266 e. The summed E-state index contributed by atoms with van der Waals surface area (Å²) in [6.45, 7) is 4.81. The van der Waals surface area contributed by atoms with E-state index in [0.29, 0.717) is 12.8 Å². The Hall–Kier alpha value is 0.0669. The van der Waals surface area contributed by atoms with E-state index in [1.807, 2.05) is 19.0 Å². The van der Waals surface area contributed by atoms with E-state index < -0.39 is 8.41 Å². The van der Waals surface area contributed by atoms with Crippen LogP contribution in [-0.2, 0) is 4.74 Å². The number of ether oxygens (including phenoxy) is 1. The third-order valence-electron chi connectivity index (χ3n) is 1.13. The summed E-state index contributed by atoms with van der Waals surface area (Å²) < 4.78 is 18.1. The topological polar surface area (TPSA) is 12.5 Å². The Morgan fingerprint density at radius 3 is 2.27 bits per heavy atom. The first-order valence-electron chi connectivity index (χ1n) is 3.83. The fourth-order valence-corrected chi connectivity index (χ4v) is 1.19. The van der Waals surface area contributed by atoms with Gasteiger partial charge >= 0.3 is 0 Å². The molecule has 0 radical (unpaired) electrons. The van der Waals surface area contributed by atoms with Gasteiger partial charge in [-0.05, 0) is 27.2 Å². The number of rotatable bonds is 5. The maximum atomic E-state index is 12.9. The molecule has 0 amide bonds. The zero-order valence-corrected chi connectivity index (χ0v) is 8.85. The third kappa shape index (κ3) is 10.1. The van der Waals surface area contributed by atoms with Gasteiger partial charge in [0.1, 0.15) is 0 Å². The average Bonchev–Trinajstić information content (AvgIpc) is 1.78. The van der Waals surface area contributed by atoms with Gasteiger partial charge < -0.3 is 13.7 Å². The molecule has 0 N–H and O–H groups in total. The number of hydrogen-bond acceptors (Lipinski definition) is 2. The van der Waals surface area contributed by atoms with Crippen LogP contribution in [0.3, 0.4) is 0 Å². The molecular formula is C7H18FNOSi. The highest BCUT2D eigenvalue weighted by Gasteiger charge is 2.19. The lowest BCUT2D eigenvalue weighted by molar-refractivity contribution is 0.147. The Bertz CT molecular complexity index is 103. The van der Waals surface area contributed by atoms with Gasteiger partial charge in [0.2, 0.25) is 0 Å². The van der Waals surface area contributed by atoms with Crippen LogP contribution in [-0.4, -0.2) is 46.8 Å². The molecule has 0 atom stereocenters. The summed E-state index contributed by atoms with van der Waals surface area (Å²) in [4.78, 5) is 2.02. The lowest BCUT2D eigenvalue weighted by Gasteiger charge is -2.13. The number of hydrogen-bond donors (Lipinski definition) is 0. The molecule has 0 aromatic heterocycles. The molecule has 68 valence electrons. The average molecular weight is 179 g/mol. The highest BCUT2D eigenvalue weighted by Crippen LogP contribution is 2.02. The van der Waals surface area contributed by atoms with Crippen molar-refractivity contribution in [2.45, 2.75) is 13.1 Å². The first kappa shape index (κ1) is 11.1. The van der Waals surface area contributed by atoms with E-state index in [-0.39, 0.29) is 0 Å². The van der Waals surface area contributed by atoms with Crippen LogP contribution in [0.1, 0.15) is 0 Å². The molecule has 0 unspecified atom stereocenters. The molecule has 0 saturated carbocycles. The summed E-state index contributed by atoms with van der Waals surface area (Å²) in [5, 5.41) is 0. The van der Waals surface area contributed by atoms with Gasteiger partial charge in [-0.15, -0.1) is 0 Å². The van der Waals surface area contributed by atoms with Gasteiger partial charge in [-0.1, -0.05) is 0 Å². The van der Waals surface area contributed by atoms with Crippen LogP contribution < -0.4 is 0 Å². The quantitative estimate of drug-likeness (QED) is 0.358. The van der Waals surface area contributed by atoms with E-state index in [0.717, 1.165) is 6.54 Å². The van der Waals surface area contributed by atoms with Crippen molar-refractivity contribution in [2.24, 2.45) is 0 Å². The van der Waals surface area contributed by atoms with Crippen molar-refractivity contribution in [1.29, 1.82) is 0 Å². The summed E-state index contributed by atoms with van der Waals surface area (Å²) >= 11 is 0. The van der Waals surface area contributed by atoms with Crippen molar-refractivity contribution >= 4 is 8.41 Å². The summed E-state index contributed by atoms with van der Waals surface area (Å²) in [6, 6.07) is 0. The minimum Gasteiger partial charge on any atom is -0.380 e. The predicted molar refractivity (Wildman–Crippen MR) is 48.0 cm³/mol. The summed E-state index contributed by atoms with van der Waals surface area (Å²) in [5.41, 5.74) is 0. The van der Waals surface area contributed by atoms with E-state index in [9.17, 15) is 4.11 Å². The lowest BCUT2D eigenvalue weighted by Crippen LogP contribution is -2.29. The third-order valence-corrected chi connectivity index (χ3v) is 2.02. The number of halogens is 1. The van der Waals surface area contributed by atoms with Gasteiger partial charge in [0.15, 0.2) is 0 Å². The van der Waals surface area contributed by atoms with Crippen molar-refractivity contribution in [3.63, 3.8) is 0 Å². The van der Waals surface area contributed by atoms with Gasteiger partial charge in [0.05, 0.1) is 12.8 Å². The Morgan fingerprint density at radius 1 is 1.36 bits per heavy atom. The fraction of sp³-hybridized carbons (Fsp3) is 1.00. The Labute approximate surface area is 69.5 Å². The second kappa shape index (κ2) is 4.85. The van der Waals surface area contributed by atoms with Gasteiger partial charge in [0, 0.05) is 6.54 Å². The first-order chi connectivity index (χ1) is 4.92. The summed E-state index contributed by atoms with van der Waals surface area (Å²) in [7, 11) is 1.48. The molecule has 0 spiro atoms. The van der Waals surface area contributed by atoms with Gasteiger partial charge in [-0.3, -0.25) is 0 Å². The Morgan fingerprint density at radius 2 is 1.91 bits per heavy atom. The van der Waals surface area contributed by atoms with Crippen LogP contribution in [0.4, 0.5) is 4.11 Å². The molecule has 0 heterocycles. The minimum atomic E-state index is -2.47. The molecule has 0 fully saturated rings. The Balaban J connectivity index is 3.15. The molecule has 0 aromatic rings. The van der Waals surface area contributed by atoms with Crippen molar-refractivity contribution in [3.05, 3.63) is 0 Å². The lowest BCUT2D eigenvalue weighted by atomic mass is 10.6.